The van der Waals surface area contributed by atoms with Gasteiger partial charge in [-0.3, -0.25) is 19.7 Å². The molecule has 183 valence electrons. The van der Waals surface area contributed by atoms with Crippen LogP contribution in [0, 0.1) is 39.9 Å². The second kappa shape index (κ2) is 14.2. The van der Waals surface area contributed by atoms with Gasteiger partial charge in [-0.1, -0.05) is 6.07 Å². The molecule has 0 spiro atoms. The third-order valence-electron chi connectivity index (χ3n) is 5.83. The number of aliphatic carboxylic acids is 3. The molecule has 0 saturated carbocycles. The zero-order chi connectivity index (χ0) is 23.8. The van der Waals surface area contributed by atoms with Gasteiger partial charge in [0.1, 0.15) is 0 Å². The Labute approximate surface area is 225 Å². The fraction of sp³-hybridized carbons (Fsp3) is 0.619. The summed E-state index contributed by atoms with van der Waals surface area (Å²) in [4.78, 5) is 44.4. The first kappa shape index (κ1) is 29.8. The SMILES string of the molecule is CNCC(C(=O)[O-])N1CCN(C(C)C(=O)[O-])CCN(C(C)C(=O)[O-])Cc2cccc(n2)C1.[Gd+3]. The van der Waals surface area contributed by atoms with Crippen LogP contribution in [0.1, 0.15) is 25.2 Å². The number of hydrogen-bond acceptors (Lipinski definition) is 11. The number of hydrogen-bond donors (Lipinski definition) is 1. The van der Waals surface area contributed by atoms with Crippen molar-refractivity contribution in [2.45, 2.75) is 45.1 Å². The fourth-order valence-corrected chi connectivity index (χ4v) is 3.74. The Kier molecular flexibility index (Phi) is 12.8. The van der Waals surface area contributed by atoms with E-state index in [0.29, 0.717) is 11.4 Å². The normalized spacial score (nSPS) is 19.2. The van der Waals surface area contributed by atoms with Crippen molar-refractivity contribution < 1.29 is 69.6 Å². The number of aromatic nitrogens is 1. The smallest absolute Gasteiger partial charge is 0.548 e. The van der Waals surface area contributed by atoms with Crippen LogP contribution in [-0.2, 0) is 27.5 Å². The molecule has 1 N–H and O–H groups in total. The number of nitrogens with zero attached hydrogens (tertiary/aromatic N) is 4. The van der Waals surface area contributed by atoms with Gasteiger partial charge >= 0.3 is 39.9 Å². The molecule has 1 aliphatic heterocycles. The number of rotatable bonds is 8. The summed E-state index contributed by atoms with van der Waals surface area (Å²) in [6.07, 6.45) is 0. The third-order valence-corrected chi connectivity index (χ3v) is 5.83. The molecule has 33 heavy (non-hydrogen) atoms. The Morgan fingerprint density at radius 2 is 1.33 bits per heavy atom. The first-order valence-corrected chi connectivity index (χ1v) is 10.6. The minimum Gasteiger partial charge on any atom is -0.548 e. The van der Waals surface area contributed by atoms with Gasteiger partial charge in [0.2, 0.25) is 0 Å². The van der Waals surface area contributed by atoms with Crippen LogP contribution >= 0.6 is 0 Å². The Morgan fingerprint density at radius 3 is 1.82 bits per heavy atom. The molecular weight excluding hydrogens is 576 g/mol. The van der Waals surface area contributed by atoms with Gasteiger partial charge in [0.15, 0.2) is 0 Å². The van der Waals surface area contributed by atoms with Gasteiger partial charge in [-0.05, 0) is 33.0 Å². The van der Waals surface area contributed by atoms with Crippen molar-refractivity contribution in [1.29, 1.82) is 0 Å². The van der Waals surface area contributed by atoms with E-state index in [9.17, 15) is 29.7 Å². The number of likely N-dealkylation sites (N-methyl/N-ethyl adjacent to an activating group) is 1. The van der Waals surface area contributed by atoms with E-state index in [1.807, 2.05) is 0 Å². The van der Waals surface area contributed by atoms with Crippen molar-refractivity contribution in [3.8, 4) is 0 Å². The molecule has 1 aromatic heterocycles. The second-order valence-corrected chi connectivity index (χ2v) is 7.98. The zero-order valence-corrected chi connectivity index (χ0v) is 21.3. The monoisotopic (exact) mass is 606 g/mol. The van der Waals surface area contributed by atoms with E-state index in [1.54, 1.807) is 39.9 Å². The molecule has 0 amide bonds. The average Bonchev–Trinajstić information content (AvgIpc) is 2.74. The number of carboxylic acids is 3. The van der Waals surface area contributed by atoms with Crippen molar-refractivity contribution in [2.75, 3.05) is 39.8 Å². The van der Waals surface area contributed by atoms with Crippen LogP contribution < -0.4 is 20.6 Å². The Hall–Kier alpha value is -1.28. The van der Waals surface area contributed by atoms with Crippen LogP contribution in [0.3, 0.4) is 0 Å². The minimum absolute atomic E-state index is 0. The Balaban J connectivity index is 0.00000544. The van der Waals surface area contributed by atoms with Crippen LogP contribution in [0.2, 0.25) is 0 Å². The average molecular weight is 606 g/mol. The summed E-state index contributed by atoms with van der Waals surface area (Å²) in [6, 6.07) is 2.53. The van der Waals surface area contributed by atoms with Gasteiger partial charge in [-0.15, -0.1) is 0 Å². The van der Waals surface area contributed by atoms with Crippen molar-refractivity contribution in [3.05, 3.63) is 29.6 Å². The number of carboxylic acid groups (broad SMARTS) is 3. The van der Waals surface area contributed by atoms with E-state index in [4.69, 9.17) is 0 Å². The standard InChI is InChI=1S/C21H33N5O6.Gd/c1-14(19(27)28)24-7-9-25(15(2)20(29)30)12-16-5-4-6-17(23-16)13-26(10-8-24)18(11-22-3)21(31)32;/h4-6,14-15,18,22H,7-13H2,1-3H3,(H,27,28)(H,29,30)(H,31,32);/q;+3/p-3. The fourth-order valence-electron chi connectivity index (χ4n) is 3.74. The summed E-state index contributed by atoms with van der Waals surface area (Å²) in [7, 11) is 1.64. The molecule has 1 aromatic rings. The molecule has 2 bridgehead atoms. The second-order valence-electron chi connectivity index (χ2n) is 7.98. The maximum atomic E-state index is 11.8. The van der Waals surface area contributed by atoms with Gasteiger partial charge in [0.05, 0.1) is 35.3 Å². The number of fused-ring (bicyclic) bond motifs is 2. The number of carbonyl (C=O) groups excluding carboxylic acids is 3. The van der Waals surface area contributed by atoms with Crippen LogP contribution in [-0.4, -0.2) is 95.5 Å². The zero-order valence-electron chi connectivity index (χ0n) is 19.0. The first-order chi connectivity index (χ1) is 15.1. The van der Waals surface area contributed by atoms with Crippen LogP contribution in [0.25, 0.3) is 0 Å². The van der Waals surface area contributed by atoms with Crippen LogP contribution in [0.4, 0.5) is 0 Å². The van der Waals surface area contributed by atoms with Gasteiger partial charge < -0.3 is 35.0 Å². The van der Waals surface area contributed by atoms with E-state index in [1.165, 1.54) is 13.8 Å². The summed E-state index contributed by atoms with van der Waals surface area (Å²) in [5, 5.41) is 37.7. The van der Waals surface area contributed by atoms with E-state index in [2.05, 4.69) is 10.3 Å². The van der Waals surface area contributed by atoms with Crippen LogP contribution in [0.5, 0.6) is 0 Å². The molecule has 2 heterocycles. The minimum atomic E-state index is -1.26. The van der Waals surface area contributed by atoms with Crippen molar-refractivity contribution in [2.24, 2.45) is 0 Å². The molecule has 0 aliphatic carbocycles. The van der Waals surface area contributed by atoms with Crippen LogP contribution in [0.15, 0.2) is 18.2 Å². The van der Waals surface area contributed by atoms with Crippen molar-refractivity contribution in [3.63, 3.8) is 0 Å². The molecule has 3 atom stereocenters. The van der Waals surface area contributed by atoms with E-state index >= 15 is 0 Å². The maximum Gasteiger partial charge on any atom is 3.00 e. The largest absolute Gasteiger partial charge is 3.00 e. The molecule has 0 fully saturated rings. The van der Waals surface area contributed by atoms with Crippen molar-refractivity contribution in [1.82, 2.24) is 25.0 Å². The van der Waals surface area contributed by atoms with Crippen molar-refractivity contribution >= 4 is 17.9 Å². The summed E-state index contributed by atoms with van der Waals surface area (Å²) < 4.78 is 0. The maximum absolute atomic E-state index is 11.8. The first-order valence-electron chi connectivity index (χ1n) is 10.6. The Morgan fingerprint density at radius 1 is 0.879 bits per heavy atom. The quantitative estimate of drug-likeness (QED) is 0.306. The predicted molar refractivity (Wildman–Crippen MR) is 108 cm³/mol. The molecule has 2 rings (SSSR count). The Bertz CT molecular complexity index is 813. The summed E-state index contributed by atoms with van der Waals surface area (Å²) >= 11 is 0. The molecule has 1 radical (unpaired) electrons. The molecule has 0 saturated heterocycles. The third kappa shape index (κ3) is 8.78. The molecule has 1 aliphatic rings. The molecule has 11 nitrogen and oxygen atoms in total. The molecular formula is C21H30GdN5O6. The number of nitrogens with one attached hydrogen (secondary N) is 1. The number of pyridine rings is 1. The molecule has 0 aromatic carbocycles. The summed E-state index contributed by atoms with van der Waals surface area (Å²) in [5.41, 5.74) is 1.24. The summed E-state index contributed by atoms with van der Waals surface area (Å²) in [5.74, 6) is -3.74. The van der Waals surface area contributed by atoms with E-state index < -0.39 is 36.0 Å². The molecule has 12 heteroatoms. The molecule has 3 unspecified atom stereocenters. The van der Waals surface area contributed by atoms with Gasteiger partial charge in [-0.2, -0.15) is 0 Å². The number of carbonyl (C=O) groups is 3. The van der Waals surface area contributed by atoms with Gasteiger partial charge in [0, 0.05) is 57.9 Å². The van der Waals surface area contributed by atoms with Gasteiger partial charge in [0.25, 0.3) is 0 Å². The van der Waals surface area contributed by atoms with E-state index in [-0.39, 0.29) is 85.8 Å². The summed E-state index contributed by atoms with van der Waals surface area (Å²) in [6.45, 7) is 4.54. The van der Waals surface area contributed by atoms with Gasteiger partial charge in [-0.25, -0.2) is 0 Å². The predicted octanol–water partition coefficient (Wildman–Crippen LogP) is -4.38. The topological polar surface area (TPSA) is 155 Å². The van der Waals surface area contributed by atoms with E-state index in [0.717, 1.165) is 0 Å².